The van der Waals surface area contributed by atoms with Crippen LogP contribution in [0.25, 0.3) is 0 Å². The minimum Gasteiger partial charge on any atom is -0.393 e. The Balaban J connectivity index is 1.97. The molecule has 2 rings (SSSR count). The summed E-state index contributed by atoms with van der Waals surface area (Å²) in [5, 5.41) is 2.89. The highest BCUT2D eigenvalue weighted by molar-refractivity contribution is 7.80. The third-order valence-electron chi connectivity index (χ3n) is 3.27. The molecule has 0 radical (unpaired) electrons. The van der Waals surface area contributed by atoms with Crippen molar-refractivity contribution >= 4 is 34.5 Å². The molecular weight excluding hydrogens is 264 g/mol. The quantitative estimate of drug-likeness (QED) is 0.833. The van der Waals surface area contributed by atoms with Gasteiger partial charge < -0.3 is 11.1 Å². The van der Waals surface area contributed by atoms with Crippen LogP contribution in [0.5, 0.6) is 0 Å². The standard InChI is InChI=1S/C13H18N2OS2/c1-8(12(14)17)7-15-13(16)11-6-9-4-2-3-5-10(9)18-11/h6,8H,2-5,7H2,1H3,(H2,14,17)(H,15,16). The third-order valence-corrected chi connectivity index (χ3v) is 4.91. The molecule has 0 spiro atoms. The van der Waals surface area contributed by atoms with Crippen molar-refractivity contribution in [3.8, 4) is 0 Å². The van der Waals surface area contributed by atoms with Gasteiger partial charge in [-0.2, -0.15) is 0 Å². The second kappa shape index (κ2) is 5.80. The molecule has 0 aromatic carbocycles. The summed E-state index contributed by atoms with van der Waals surface area (Å²) in [6.07, 6.45) is 4.72. The van der Waals surface area contributed by atoms with Crippen molar-refractivity contribution in [1.82, 2.24) is 5.32 Å². The van der Waals surface area contributed by atoms with E-state index in [4.69, 9.17) is 18.0 Å². The van der Waals surface area contributed by atoms with E-state index in [1.54, 1.807) is 11.3 Å². The Labute approximate surface area is 117 Å². The van der Waals surface area contributed by atoms with E-state index in [0.717, 1.165) is 17.7 Å². The Morgan fingerprint density at radius 1 is 1.56 bits per heavy atom. The fourth-order valence-corrected chi connectivity index (χ4v) is 3.29. The predicted octanol–water partition coefficient (Wildman–Crippen LogP) is 2.28. The first-order valence-corrected chi connectivity index (χ1v) is 7.49. The largest absolute Gasteiger partial charge is 0.393 e. The lowest BCUT2D eigenvalue weighted by atomic mass is 9.99. The minimum atomic E-state index is -0.00231. The van der Waals surface area contributed by atoms with Gasteiger partial charge in [0.2, 0.25) is 0 Å². The number of thiocarbonyl (C=S) groups is 1. The number of nitrogens with two attached hydrogens (primary N) is 1. The van der Waals surface area contributed by atoms with E-state index in [0.29, 0.717) is 11.5 Å². The van der Waals surface area contributed by atoms with Gasteiger partial charge in [0.15, 0.2) is 0 Å². The third kappa shape index (κ3) is 3.09. The molecule has 0 saturated heterocycles. The van der Waals surface area contributed by atoms with Crippen LogP contribution in [-0.4, -0.2) is 17.4 Å². The first-order valence-electron chi connectivity index (χ1n) is 6.27. The van der Waals surface area contributed by atoms with Gasteiger partial charge in [-0.15, -0.1) is 11.3 Å². The zero-order valence-corrected chi connectivity index (χ0v) is 12.1. The topological polar surface area (TPSA) is 55.1 Å². The maximum absolute atomic E-state index is 12.0. The lowest BCUT2D eigenvalue weighted by Crippen LogP contribution is -2.33. The van der Waals surface area contributed by atoms with Crippen LogP contribution in [-0.2, 0) is 12.8 Å². The molecule has 18 heavy (non-hydrogen) atoms. The normalized spacial score (nSPS) is 15.8. The van der Waals surface area contributed by atoms with E-state index in [-0.39, 0.29) is 11.8 Å². The number of fused-ring (bicyclic) bond motifs is 1. The molecule has 98 valence electrons. The Kier molecular flexibility index (Phi) is 4.35. The Morgan fingerprint density at radius 3 is 2.94 bits per heavy atom. The van der Waals surface area contributed by atoms with Crippen LogP contribution in [0.15, 0.2) is 6.07 Å². The molecule has 5 heteroatoms. The Morgan fingerprint density at radius 2 is 2.28 bits per heavy atom. The molecule has 3 nitrogen and oxygen atoms in total. The van der Waals surface area contributed by atoms with Gasteiger partial charge in [-0.3, -0.25) is 4.79 Å². The highest BCUT2D eigenvalue weighted by Crippen LogP contribution is 2.29. The molecule has 0 saturated carbocycles. The van der Waals surface area contributed by atoms with Crippen LogP contribution in [0.1, 0.15) is 39.9 Å². The minimum absolute atomic E-state index is 0.00231. The maximum Gasteiger partial charge on any atom is 0.261 e. The number of rotatable bonds is 4. The van der Waals surface area contributed by atoms with Gasteiger partial charge >= 0.3 is 0 Å². The van der Waals surface area contributed by atoms with Crippen molar-refractivity contribution in [2.24, 2.45) is 11.7 Å². The molecule has 1 aromatic rings. The second-order valence-electron chi connectivity index (χ2n) is 4.78. The molecule has 0 fully saturated rings. The summed E-state index contributed by atoms with van der Waals surface area (Å²) in [7, 11) is 0. The first kappa shape index (κ1) is 13.5. The van der Waals surface area contributed by atoms with Crippen molar-refractivity contribution in [1.29, 1.82) is 0 Å². The number of amides is 1. The van der Waals surface area contributed by atoms with Crippen LogP contribution in [0, 0.1) is 5.92 Å². The number of hydrogen-bond acceptors (Lipinski definition) is 3. The average molecular weight is 282 g/mol. The van der Waals surface area contributed by atoms with Crippen molar-refractivity contribution in [3.05, 3.63) is 21.4 Å². The summed E-state index contributed by atoms with van der Waals surface area (Å²) in [6, 6.07) is 2.04. The zero-order valence-electron chi connectivity index (χ0n) is 10.5. The van der Waals surface area contributed by atoms with Crippen molar-refractivity contribution < 1.29 is 4.79 Å². The van der Waals surface area contributed by atoms with Crippen LogP contribution in [0.2, 0.25) is 0 Å². The van der Waals surface area contributed by atoms with Gasteiger partial charge in [0.05, 0.1) is 9.87 Å². The van der Waals surface area contributed by atoms with Gasteiger partial charge in [0, 0.05) is 17.3 Å². The van der Waals surface area contributed by atoms with Crippen LogP contribution in [0.4, 0.5) is 0 Å². The van der Waals surface area contributed by atoms with E-state index in [2.05, 4.69) is 5.32 Å². The van der Waals surface area contributed by atoms with Crippen LogP contribution >= 0.6 is 23.6 Å². The van der Waals surface area contributed by atoms with Crippen molar-refractivity contribution in [2.45, 2.75) is 32.6 Å². The highest BCUT2D eigenvalue weighted by Gasteiger charge is 2.17. The number of thiophene rings is 1. The summed E-state index contributed by atoms with van der Waals surface area (Å²) >= 11 is 6.51. The number of nitrogens with one attached hydrogen (secondary N) is 1. The summed E-state index contributed by atoms with van der Waals surface area (Å²) < 4.78 is 0. The molecule has 0 aliphatic heterocycles. The monoisotopic (exact) mass is 282 g/mol. The molecule has 1 aliphatic carbocycles. The molecule has 1 amide bonds. The molecule has 0 bridgehead atoms. The number of aryl methyl sites for hydroxylation is 2. The summed E-state index contributed by atoms with van der Waals surface area (Å²) in [4.78, 5) is 14.6. The predicted molar refractivity (Wildman–Crippen MR) is 79.2 cm³/mol. The van der Waals surface area contributed by atoms with Gasteiger partial charge in [0.1, 0.15) is 0 Å². The fourth-order valence-electron chi connectivity index (χ4n) is 2.04. The lowest BCUT2D eigenvalue weighted by molar-refractivity contribution is 0.0955. The average Bonchev–Trinajstić information content (AvgIpc) is 2.79. The van der Waals surface area contributed by atoms with Gasteiger partial charge in [-0.25, -0.2) is 0 Å². The van der Waals surface area contributed by atoms with E-state index >= 15 is 0 Å². The molecule has 1 atom stereocenters. The Hall–Kier alpha value is -0.940. The summed E-state index contributed by atoms with van der Waals surface area (Å²) in [5.41, 5.74) is 6.88. The van der Waals surface area contributed by atoms with E-state index in [9.17, 15) is 4.79 Å². The molecule has 1 unspecified atom stereocenters. The summed E-state index contributed by atoms with van der Waals surface area (Å²) in [6.45, 7) is 2.43. The maximum atomic E-state index is 12.0. The number of carbonyl (C=O) groups is 1. The van der Waals surface area contributed by atoms with Gasteiger partial charge in [-0.1, -0.05) is 19.1 Å². The molecule has 3 N–H and O–H groups in total. The van der Waals surface area contributed by atoms with E-state index in [1.165, 1.54) is 23.3 Å². The molecule has 1 aromatic heterocycles. The van der Waals surface area contributed by atoms with Crippen LogP contribution < -0.4 is 11.1 Å². The smallest absolute Gasteiger partial charge is 0.261 e. The van der Waals surface area contributed by atoms with Crippen LogP contribution in [0.3, 0.4) is 0 Å². The molecule has 1 aliphatic rings. The summed E-state index contributed by atoms with van der Waals surface area (Å²) in [5.74, 6) is 0.0380. The van der Waals surface area contributed by atoms with Gasteiger partial charge in [-0.05, 0) is 37.3 Å². The van der Waals surface area contributed by atoms with Crippen molar-refractivity contribution in [3.63, 3.8) is 0 Å². The van der Waals surface area contributed by atoms with Gasteiger partial charge in [0.25, 0.3) is 5.91 Å². The zero-order chi connectivity index (χ0) is 13.1. The SMILES string of the molecule is CC(CNC(=O)c1cc2c(s1)CCCC2)C(N)=S. The van der Waals surface area contributed by atoms with E-state index in [1.807, 2.05) is 13.0 Å². The van der Waals surface area contributed by atoms with Crippen molar-refractivity contribution in [2.75, 3.05) is 6.54 Å². The molecule has 1 heterocycles. The number of hydrogen-bond donors (Lipinski definition) is 2. The molecular formula is C13H18N2OS2. The number of carbonyl (C=O) groups excluding carboxylic acids is 1. The fraction of sp³-hybridized carbons (Fsp3) is 0.538. The lowest BCUT2D eigenvalue weighted by Gasteiger charge is -2.09. The van der Waals surface area contributed by atoms with E-state index < -0.39 is 0 Å². The second-order valence-corrected chi connectivity index (χ2v) is 6.39. The first-order chi connectivity index (χ1) is 8.58. The Bertz CT molecular complexity index is 444. The highest BCUT2D eigenvalue weighted by atomic mass is 32.1.